The molecule has 0 aliphatic heterocycles. The molecule has 1 aliphatic carbocycles. The van der Waals surface area contributed by atoms with Crippen molar-refractivity contribution in [3.05, 3.63) is 34.9 Å². The van der Waals surface area contributed by atoms with Crippen molar-refractivity contribution in [1.29, 1.82) is 5.26 Å². The third kappa shape index (κ3) is 2.16. The molecule has 1 aromatic carbocycles. The Labute approximate surface area is 100 Å². The van der Waals surface area contributed by atoms with Gasteiger partial charge in [0.25, 0.3) is 0 Å². The highest BCUT2D eigenvalue weighted by molar-refractivity contribution is 5.75. The smallest absolute Gasteiger partial charge is 0.417 e. The lowest BCUT2D eigenvalue weighted by Crippen LogP contribution is -2.09. The second kappa shape index (κ2) is 4.02. The Kier molecular flexibility index (Phi) is 2.77. The number of aliphatic carboxylic acids is 1. The van der Waals surface area contributed by atoms with E-state index in [9.17, 15) is 18.0 Å². The Morgan fingerprint density at radius 2 is 2.11 bits per heavy atom. The Morgan fingerprint density at radius 1 is 1.44 bits per heavy atom. The van der Waals surface area contributed by atoms with Crippen molar-refractivity contribution in [3.63, 3.8) is 0 Å². The van der Waals surface area contributed by atoms with Crippen LogP contribution in [0.3, 0.4) is 0 Å². The normalized spacial score (nSPS) is 22.3. The van der Waals surface area contributed by atoms with Gasteiger partial charge in [-0.1, -0.05) is 6.07 Å². The molecule has 0 bridgehead atoms. The molecule has 1 aromatic rings. The first-order chi connectivity index (χ1) is 8.34. The van der Waals surface area contributed by atoms with Crippen LogP contribution in [0.2, 0.25) is 0 Å². The molecule has 0 heterocycles. The van der Waals surface area contributed by atoms with Gasteiger partial charge in [0.05, 0.1) is 23.1 Å². The first-order valence-corrected chi connectivity index (χ1v) is 5.18. The van der Waals surface area contributed by atoms with Gasteiger partial charge in [-0.3, -0.25) is 4.79 Å². The second-order valence-corrected chi connectivity index (χ2v) is 4.20. The number of carboxylic acid groups (broad SMARTS) is 1. The average Bonchev–Trinajstić information content (AvgIpc) is 3.07. The minimum atomic E-state index is -4.60. The van der Waals surface area contributed by atoms with Crippen LogP contribution in [0.25, 0.3) is 0 Å². The van der Waals surface area contributed by atoms with Crippen molar-refractivity contribution in [2.45, 2.75) is 18.5 Å². The molecule has 0 amide bonds. The summed E-state index contributed by atoms with van der Waals surface area (Å²) in [5.41, 5.74) is -1.12. The molecule has 6 heteroatoms. The van der Waals surface area contributed by atoms with Gasteiger partial charge in [0.1, 0.15) is 0 Å². The van der Waals surface area contributed by atoms with Crippen LogP contribution in [0.4, 0.5) is 13.2 Å². The van der Waals surface area contributed by atoms with Crippen molar-refractivity contribution < 1.29 is 23.1 Å². The summed E-state index contributed by atoms with van der Waals surface area (Å²) in [7, 11) is 0. The van der Waals surface area contributed by atoms with Crippen molar-refractivity contribution in [2.75, 3.05) is 0 Å². The predicted molar refractivity (Wildman–Crippen MR) is 54.6 cm³/mol. The van der Waals surface area contributed by atoms with Crippen LogP contribution in [0, 0.1) is 17.2 Å². The minimum absolute atomic E-state index is 0.328. The summed E-state index contributed by atoms with van der Waals surface area (Å²) in [4.78, 5) is 10.7. The van der Waals surface area contributed by atoms with E-state index >= 15 is 0 Å². The SMILES string of the molecule is N#Cc1ccc([C@@H]2C[C@H]2C(=O)O)cc1C(F)(F)F. The van der Waals surface area contributed by atoms with Crippen LogP contribution in [0.5, 0.6) is 0 Å². The number of carbonyl (C=O) groups is 1. The van der Waals surface area contributed by atoms with Gasteiger partial charge in [-0.25, -0.2) is 0 Å². The Bertz CT molecular complexity index is 545. The van der Waals surface area contributed by atoms with Gasteiger partial charge in [-0.15, -0.1) is 0 Å². The summed E-state index contributed by atoms with van der Waals surface area (Å²) < 4.78 is 38.1. The van der Waals surface area contributed by atoms with E-state index in [4.69, 9.17) is 10.4 Å². The highest BCUT2D eigenvalue weighted by Gasteiger charge is 2.45. The maximum Gasteiger partial charge on any atom is 0.417 e. The van der Waals surface area contributed by atoms with Gasteiger partial charge < -0.3 is 5.11 Å². The highest BCUT2D eigenvalue weighted by Crippen LogP contribution is 2.48. The van der Waals surface area contributed by atoms with Gasteiger partial charge in [0.2, 0.25) is 0 Å². The number of nitriles is 1. The molecule has 1 aliphatic rings. The Balaban J connectivity index is 2.37. The lowest BCUT2D eigenvalue weighted by atomic mass is 10.0. The van der Waals surface area contributed by atoms with E-state index in [1.54, 1.807) is 0 Å². The average molecular weight is 255 g/mol. The van der Waals surface area contributed by atoms with E-state index in [2.05, 4.69) is 0 Å². The van der Waals surface area contributed by atoms with Crippen LogP contribution in [-0.4, -0.2) is 11.1 Å². The van der Waals surface area contributed by atoms with Crippen molar-refractivity contribution in [3.8, 4) is 6.07 Å². The fourth-order valence-electron chi connectivity index (χ4n) is 1.96. The standard InChI is InChI=1S/C12H8F3NO2/c13-12(14,15)10-3-6(1-2-7(10)5-16)8-4-9(8)11(17)18/h1-3,8-9H,4H2,(H,17,18)/t8-,9+/m0/s1. The maximum atomic E-state index is 12.7. The number of halogens is 3. The zero-order chi connectivity index (χ0) is 13.5. The zero-order valence-electron chi connectivity index (χ0n) is 9.03. The monoisotopic (exact) mass is 255 g/mol. The van der Waals surface area contributed by atoms with Crippen molar-refractivity contribution in [2.24, 2.45) is 5.92 Å². The van der Waals surface area contributed by atoms with Crippen LogP contribution in [0.15, 0.2) is 18.2 Å². The Morgan fingerprint density at radius 3 is 2.56 bits per heavy atom. The number of nitrogens with zero attached hydrogens (tertiary/aromatic N) is 1. The molecule has 1 N–H and O–H groups in total. The van der Waals surface area contributed by atoms with Gasteiger partial charge in [-0.2, -0.15) is 18.4 Å². The molecule has 94 valence electrons. The van der Waals surface area contributed by atoms with E-state index in [-0.39, 0.29) is 5.92 Å². The third-order valence-electron chi connectivity index (χ3n) is 3.01. The number of alkyl halides is 3. The third-order valence-corrected chi connectivity index (χ3v) is 3.01. The van der Waals surface area contributed by atoms with Gasteiger partial charge in [-0.05, 0) is 30.0 Å². The van der Waals surface area contributed by atoms with E-state index < -0.39 is 29.2 Å². The van der Waals surface area contributed by atoms with Crippen LogP contribution < -0.4 is 0 Å². The zero-order valence-corrected chi connectivity index (χ0v) is 9.03. The molecule has 0 radical (unpaired) electrons. The summed E-state index contributed by atoms with van der Waals surface area (Å²) in [6.45, 7) is 0. The molecule has 0 aromatic heterocycles. The van der Waals surface area contributed by atoms with Gasteiger partial charge in [0, 0.05) is 0 Å². The molecular formula is C12H8F3NO2. The van der Waals surface area contributed by atoms with Crippen molar-refractivity contribution in [1.82, 2.24) is 0 Å². The van der Waals surface area contributed by atoms with Crippen LogP contribution >= 0.6 is 0 Å². The topological polar surface area (TPSA) is 61.1 Å². The molecule has 3 nitrogen and oxygen atoms in total. The number of rotatable bonds is 2. The van der Waals surface area contributed by atoms with E-state index in [0.717, 1.165) is 12.1 Å². The van der Waals surface area contributed by atoms with E-state index in [1.807, 2.05) is 0 Å². The lowest BCUT2D eigenvalue weighted by Gasteiger charge is -2.10. The quantitative estimate of drug-likeness (QED) is 0.883. The van der Waals surface area contributed by atoms with E-state index in [1.165, 1.54) is 12.1 Å². The molecular weight excluding hydrogens is 247 g/mol. The van der Waals surface area contributed by atoms with E-state index in [0.29, 0.717) is 12.0 Å². The van der Waals surface area contributed by atoms with Crippen LogP contribution in [-0.2, 0) is 11.0 Å². The van der Waals surface area contributed by atoms with Gasteiger partial charge in [0.15, 0.2) is 0 Å². The molecule has 2 atom stereocenters. The number of hydrogen-bond acceptors (Lipinski definition) is 2. The summed E-state index contributed by atoms with van der Waals surface area (Å²) in [6.07, 6.45) is -4.26. The molecule has 0 saturated heterocycles. The maximum absolute atomic E-state index is 12.7. The number of benzene rings is 1. The molecule has 2 rings (SSSR count). The second-order valence-electron chi connectivity index (χ2n) is 4.20. The fraction of sp³-hybridized carbons (Fsp3) is 0.333. The molecule has 1 fully saturated rings. The molecule has 18 heavy (non-hydrogen) atoms. The summed E-state index contributed by atoms with van der Waals surface area (Å²) in [5.74, 6) is -1.99. The number of hydrogen-bond donors (Lipinski definition) is 1. The largest absolute Gasteiger partial charge is 0.481 e. The van der Waals surface area contributed by atoms with Crippen molar-refractivity contribution >= 4 is 5.97 Å². The molecule has 0 spiro atoms. The lowest BCUT2D eigenvalue weighted by molar-refractivity contribution is -0.138. The molecule has 1 saturated carbocycles. The summed E-state index contributed by atoms with van der Waals surface area (Å²) >= 11 is 0. The highest BCUT2D eigenvalue weighted by atomic mass is 19.4. The summed E-state index contributed by atoms with van der Waals surface area (Å²) in [5, 5.41) is 17.4. The fourth-order valence-corrected chi connectivity index (χ4v) is 1.96. The predicted octanol–water partition coefficient (Wildman–Crippen LogP) is 2.77. The number of carboxylic acids is 1. The first-order valence-electron chi connectivity index (χ1n) is 5.18. The van der Waals surface area contributed by atoms with Gasteiger partial charge >= 0.3 is 12.1 Å². The summed E-state index contributed by atoms with van der Waals surface area (Å²) in [6, 6.07) is 4.85. The Hall–Kier alpha value is -2.03. The van der Waals surface area contributed by atoms with Crippen LogP contribution in [0.1, 0.15) is 29.0 Å². The minimum Gasteiger partial charge on any atom is -0.481 e. The first kappa shape index (κ1) is 12.4. The molecule has 0 unspecified atom stereocenters.